The Balaban J connectivity index is 1.66. The van der Waals surface area contributed by atoms with Crippen molar-refractivity contribution in [1.29, 1.82) is 0 Å². The maximum absolute atomic E-state index is 12.8. The van der Waals surface area contributed by atoms with Gasteiger partial charge in [0.15, 0.2) is 0 Å². The molecule has 0 saturated heterocycles. The van der Waals surface area contributed by atoms with E-state index in [0.717, 1.165) is 36.4 Å². The molecule has 0 fully saturated rings. The molecule has 35 heavy (non-hydrogen) atoms. The topological polar surface area (TPSA) is 58.2 Å². The van der Waals surface area contributed by atoms with Gasteiger partial charge >= 0.3 is 12.4 Å². The van der Waals surface area contributed by atoms with Crippen LogP contribution in [0.5, 0.6) is 0 Å². The van der Waals surface area contributed by atoms with Gasteiger partial charge in [0.05, 0.1) is 44.1 Å². The van der Waals surface area contributed by atoms with Crippen LogP contribution in [-0.2, 0) is 21.9 Å². The van der Waals surface area contributed by atoms with Crippen molar-refractivity contribution in [2.75, 3.05) is 33.6 Å². The van der Waals surface area contributed by atoms with Crippen LogP contribution in [0.3, 0.4) is 0 Å². The van der Waals surface area contributed by atoms with E-state index in [0.29, 0.717) is 17.9 Å². The van der Waals surface area contributed by atoms with Gasteiger partial charge in [-0.05, 0) is 54.3 Å². The third-order valence-electron chi connectivity index (χ3n) is 4.18. The molecule has 2 aromatic rings. The van der Waals surface area contributed by atoms with Gasteiger partial charge in [-0.25, -0.2) is 0 Å². The Hall–Kier alpha value is -1.76. The molecule has 2 N–H and O–H groups in total. The molecule has 0 heterocycles. The van der Waals surface area contributed by atoms with Gasteiger partial charge in [0.25, 0.3) is 0 Å². The molecule has 0 aromatic heterocycles. The normalized spacial score (nSPS) is 11.9. The molecule has 192 valence electrons. The molecule has 0 saturated carbocycles. The number of alkyl halides is 6. The predicted octanol–water partition coefficient (Wildman–Crippen LogP) is 7.46. The molecule has 0 bridgehead atoms. The minimum absolute atomic E-state index is 0.00816. The van der Waals surface area contributed by atoms with Gasteiger partial charge in [-0.2, -0.15) is 49.9 Å². The fourth-order valence-corrected chi connectivity index (χ4v) is 4.57. The third-order valence-corrected chi connectivity index (χ3v) is 6.93. The zero-order valence-electron chi connectivity index (χ0n) is 17.7. The number of amides is 2. The van der Waals surface area contributed by atoms with Crippen LogP contribution in [-0.4, -0.2) is 34.8 Å². The lowest BCUT2D eigenvalue weighted by Gasteiger charge is -2.12. The number of benzene rings is 2. The van der Waals surface area contributed by atoms with Crippen molar-refractivity contribution in [3.05, 3.63) is 57.6 Å². The number of carbonyl (C=O) groups excluding carboxylic acids is 2. The van der Waals surface area contributed by atoms with Gasteiger partial charge in [0.2, 0.25) is 11.8 Å². The summed E-state index contributed by atoms with van der Waals surface area (Å²) in [5, 5.41) is 4.67. The quantitative estimate of drug-likeness (QED) is 0.227. The first-order valence-electron chi connectivity index (χ1n) is 9.76. The van der Waals surface area contributed by atoms with Crippen molar-refractivity contribution in [1.82, 2.24) is 0 Å². The van der Waals surface area contributed by atoms with E-state index in [4.69, 9.17) is 23.2 Å². The standard InChI is InChI=1S/C21H18Cl2F6N2O2S2/c22-14-4-2-12(20(24,25)26)8-16(14)30-18(32)10-34-6-1-7-35-11-19(33)31-17-9-13(21(27,28)29)3-5-15(17)23/h2-5,8-9H,1,6-7,10-11H2,(H,30,32)(H,31,33). The summed E-state index contributed by atoms with van der Waals surface area (Å²) in [5.74, 6) is 0.0372. The Morgan fingerprint density at radius 3 is 1.43 bits per heavy atom. The number of rotatable bonds is 10. The number of carbonyl (C=O) groups is 2. The SMILES string of the molecule is O=C(CSCCCSCC(=O)Nc1cc(C(F)(F)F)ccc1Cl)Nc1cc(C(F)(F)F)ccc1Cl. The zero-order valence-corrected chi connectivity index (χ0v) is 20.8. The molecule has 4 nitrogen and oxygen atoms in total. The highest BCUT2D eigenvalue weighted by atomic mass is 35.5. The van der Waals surface area contributed by atoms with E-state index in [9.17, 15) is 35.9 Å². The first kappa shape index (κ1) is 29.5. The second-order valence-corrected chi connectivity index (χ2v) is 9.96. The van der Waals surface area contributed by atoms with Gasteiger partial charge in [0, 0.05) is 0 Å². The Labute approximate surface area is 215 Å². The maximum atomic E-state index is 12.8. The molecular weight excluding hydrogens is 561 g/mol. The first-order valence-corrected chi connectivity index (χ1v) is 12.8. The van der Waals surface area contributed by atoms with E-state index < -0.39 is 35.3 Å². The lowest BCUT2D eigenvalue weighted by atomic mass is 10.2. The molecule has 0 aliphatic rings. The average Bonchev–Trinajstić information content (AvgIpc) is 2.74. The van der Waals surface area contributed by atoms with Crippen LogP contribution in [0.25, 0.3) is 0 Å². The predicted molar refractivity (Wildman–Crippen MR) is 129 cm³/mol. The summed E-state index contributed by atoms with van der Waals surface area (Å²) in [6, 6.07) is 5.28. The van der Waals surface area contributed by atoms with Crippen LogP contribution < -0.4 is 10.6 Å². The largest absolute Gasteiger partial charge is 0.416 e. The zero-order chi connectivity index (χ0) is 26.2. The number of anilines is 2. The van der Waals surface area contributed by atoms with Gasteiger partial charge in [-0.3, -0.25) is 9.59 Å². The summed E-state index contributed by atoms with van der Waals surface area (Å²) in [6.07, 6.45) is -8.51. The number of halogens is 8. The Morgan fingerprint density at radius 1 is 0.714 bits per heavy atom. The Morgan fingerprint density at radius 2 is 1.09 bits per heavy atom. The van der Waals surface area contributed by atoms with Crippen LogP contribution in [0.2, 0.25) is 10.0 Å². The van der Waals surface area contributed by atoms with E-state index in [1.165, 1.54) is 23.5 Å². The fraction of sp³-hybridized carbons (Fsp3) is 0.333. The first-order chi connectivity index (χ1) is 16.3. The minimum atomic E-state index is -4.56. The highest BCUT2D eigenvalue weighted by molar-refractivity contribution is 8.00. The van der Waals surface area contributed by atoms with Crippen LogP contribution >= 0.6 is 46.7 Å². The van der Waals surface area contributed by atoms with E-state index in [1.54, 1.807) is 0 Å². The monoisotopic (exact) mass is 578 g/mol. The van der Waals surface area contributed by atoms with Crippen molar-refractivity contribution >= 4 is 69.9 Å². The molecule has 2 aromatic carbocycles. The summed E-state index contributed by atoms with van der Waals surface area (Å²) < 4.78 is 76.7. The van der Waals surface area contributed by atoms with Crippen molar-refractivity contribution in [3.8, 4) is 0 Å². The molecule has 14 heteroatoms. The molecule has 0 aliphatic heterocycles. The smallest absolute Gasteiger partial charge is 0.324 e. The van der Waals surface area contributed by atoms with E-state index in [2.05, 4.69) is 10.6 Å². The van der Waals surface area contributed by atoms with Gasteiger partial charge in [-0.15, -0.1) is 0 Å². The van der Waals surface area contributed by atoms with Crippen molar-refractivity contribution in [2.45, 2.75) is 18.8 Å². The minimum Gasteiger partial charge on any atom is -0.324 e. The van der Waals surface area contributed by atoms with Gasteiger partial charge < -0.3 is 10.6 Å². The van der Waals surface area contributed by atoms with Crippen molar-refractivity contribution in [3.63, 3.8) is 0 Å². The Kier molecular flexibility index (Phi) is 10.9. The number of hydrogen-bond acceptors (Lipinski definition) is 4. The molecule has 2 rings (SSSR count). The van der Waals surface area contributed by atoms with Crippen molar-refractivity contribution < 1.29 is 35.9 Å². The lowest BCUT2D eigenvalue weighted by Crippen LogP contribution is -2.16. The summed E-state index contributed by atoms with van der Waals surface area (Å²) >= 11 is 14.2. The molecule has 0 atom stereocenters. The Bertz CT molecular complexity index is 970. The van der Waals surface area contributed by atoms with E-state index in [-0.39, 0.29) is 32.9 Å². The summed E-state index contributed by atoms with van der Waals surface area (Å²) in [4.78, 5) is 24.0. The second-order valence-electron chi connectivity index (χ2n) is 6.94. The lowest BCUT2D eigenvalue weighted by molar-refractivity contribution is -0.138. The van der Waals surface area contributed by atoms with E-state index >= 15 is 0 Å². The molecule has 2 amide bonds. The number of nitrogens with one attached hydrogen (secondary N) is 2. The molecule has 0 unspecified atom stereocenters. The number of hydrogen-bond donors (Lipinski definition) is 2. The summed E-state index contributed by atoms with van der Waals surface area (Å²) in [6.45, 7) is 0. The third kappa shape index (κ3) is 10.0. The van der Waals surface area contributed by atoms with E-state index in [1.807, 2.05) is 0 Å². The van der Waals surface area contributed by atoms with Gasteiger partial charge in [-0.1, -0.05) is 23.2 Å². The van der Waals surface area contributed by atoms with Crippen LogP contribution in [0.4, 0.5) is 37.7 Å². The second kappa shape index (κ2) is 13.0. The highest BCUT2D eigenvalue weighted by Gasteiger charge is 2.32. The van der Waals surface area contributed by atoms with Crippen LogP contribution in [0.15, 0.2) is 36.4 Å². The van der Waals surface area contributed by atoms with Crippen LogP contribution in [0, 0.1) is 0 Å². The summed E-state index contributed by atoms with van der Waals surface area (Å²) in [5.41, 5.74) is -2.12. The molecule has 0 radical (unpaired) electrons. The molecular formula is C21H18Cl2F6N2O2S2. The highest BCUT2D eigenvalue weighted by Crippen LogP contribution is 2.35. The summed E-state index contributed by atoms with van der Waals surface area (Å²) in [7, 11) is 0. The molecule has 0 spiro atoms. The fourth-order valence-electron chi connectivity index (χ4n) is 2.56. The maximum Gasteiger partial charge on any atom is 0.416 e. The average molecular weight is 579 g/mol. The molecule has 0 aliphatic carbocycles. The number of thioether (sulfide) groups is 2. The van der Waals surface area contributed by atoms with Crippen LogP contribution in [0.1, 0.15) is 17.5 Å². The van der Waals surface area contributed by atoms with Gasteiger partial charge in [0.1, 0.15) is 0 Å². The van der Waals surface area contributed by atoms with Crippen molar-refractivity contribution in [2.24, 2.45) is 0 Å².